The summed E-state index contributed by atoms with van der Waals surface area (Å²) in [7, 11) is -2.83. The van der Waals surface area contributed by atoms with E-state index in [1.807, 2.05) is 42.5 Å². The van der Waals surface area contributed by atoms with Crippen molar-refractivity contribution in [2.45, 2.75) is 110 Å². The highest BCUT2D eigenvalue weighted by Gasteiger charge is 2.47. The van der Waals surface area contributed by atoms with Crippen molar-refractivity contribution in [2.24, 2.45) is 5.92 Å². The Morgan fingerprint density at radius 1 is 0.805 bits per heavy atom. The Balaban J connectivity index is 2.58. The topological polar surface area (TPSA) is 69.2 Å². The van der Waals surface area contributed by atoms with E-state index in [4.69, 9.17) is 18.3 Å². The Morgan fingerprint density at radius 3 is 1.83 bits per heavy atom. The highest BCUT2D eigenvalue weighted by Crippen LogP contribution is 2.42. The molecule has 8 heteroatoms. The molecular weight excluding hydrogens is 547 g/mol. The van der Waals surface area contributed by atoms with Crippen LogP contribution in [0.2, 0.25) is 36.3 Å². The number of methoxy groups -OCH3 is 1. The van der Waals surface area contributed by atoms with Gasteiger partial charge < -0.3 is 28.7 Å². The second kappa shape index (κ2) is 14.7. The van der Waals surface area contributed by atoms with Gasteiger partial charge in [0.15, 0.2) is 16.6 Å². The molecule has 4 atom stereocenters. The first-order valence-corrected chi connectivity index (χ1v) is 20.7. The molecule has 0 spiro atoms. The number of anilines is 1. The molecule has 2 N–H and O–H groups in total. The quantitative estimate of drug-likeness (QED) is 0.201. The normalized spacial score (nSPS) is 16.1. The van der Waals surface area contributed by atoms with Crippen LogP contribution in [0.1, 0.15) is 54.0 Å². The lowest BCUT2D eigenvalue weighted by Crippen LogP contribution is -2.59. The third kappa shape index (κ3) is 10.2. The minimum atomic E-state index is -2.27. The van der Waals surface area contributed by atoms with Crippen molar-refractivity contribution in [3.8, 4) is 5.75 Å². The smallest absolute Gasteiger partial charge is 0.192 e. The molecule has 0 saturated heterocycles. The van der Waals surface area contributed by atoms with Crippen molar-refractivity contribution < 1.29 is 23.4 Å². The molecule has 0 aromatic heterocycles. The van der Waals surface area contributed by atoms with E-state index in [1.54, 1.807) is 7.11 Å². The number of nitrogens with one attached hydrogen (secondary N) is 1. The molecule has 2 rings (SSSR count). The van der Waals surface area contributed by atoms with Crippen LogP contribution in [0.15, 0.2) is 54.6 Å². The van der Waals surface area contributed by atoms with Crippen LogP contribution >= 0.6 is 0 Å². The van der Waals surface area contributed by atoms with Crippen LogP contribution in [0.25, 0.3) is 0 Å². The zero-order chi connectivity index (χ0) is 31.1. The third-order valence-corrected chi connectivity index (χ3v) is 17.9. The van der Waals surface area contributed by atoms with E-state index in [0.29, 0.717) is 13.2 Å². The second-order valence-electron chi connectivity index (χ2n) is 14.3. The summed E-state index contributed by atoms with van der Waals surface area (Å²) in [6.07, 6.45) is -0.691. The highest BCUT2D eigenvalue weighted by molar-refractivity contribution is 6.74. The van der Waals surface area contributed by atoms with Gasteiger partial charge in [-0.2, -0.15) is 0 Å². The molecule has 0 saturated carbocycles. The minimum absolute atomic E-state index is 0.00765. The molecule has 0 radical (unpaired) electrons. The van der Waals surface area contributed by atoms with Gasteiger partial charge in [-0.15, -0.1) is 0 Å². The summed E-state index contributed by atoms with van der Waals surface area (Å²) >= 11 is 0. The number of rotatable bonds is 15. The number of ether oxygens (including phenoxy) is 2. The standard InChI is InChI=1S/C33H57NO5Si2/c1-25(22-35)30(34-27-18-20-28(36-8)21-19-27)31(39-41(11,12)33(5,6)7)29(38-40(9,10)32(2,3)4)24-37-23-26-16-14-13-15-17-26/h13-21,25,29-31,34-35H,22-24H2,1-12H3/t25-,29+,30-,31-/m1/s1. The number of aliphatic hydroxyl groups excluding tert-OH is 1. The number of hydrogen-bond acceptors (Lipinski definition) is 6. The maximum absolute atomic E-state index is 10.5. The lowest BCUT2D eigenvalue weighted by molar-refractivity contribution is -0.0438. The second-order valence-corrected chi connectivity index (χ2v) is 23.8. The van der Waals surface area contributed by atoms with Gasteiger partial charge in [0, 0.05) is 18.2 Å². The molecule has 2 aromatic carbocycles. The predicted molar refractivity (Wildman–Crippen MR) is 177 cm³/mol. The van der Waals surface area contributed by atoms with Crippen LogP contribution in [-0.4, -0.2) is 60.3 Å². The molecule has 0 heterocycles. The van der Waals surface area contributed by atoms with Gasteiger partial charge in [0.25, 0.3) is 0 Å². The van der Waals surface area contributed by atoms with Crippen molar-refractivity contribution in [1.29, 1.82) is 0 Å². The van der Waals surface area contributed by atoms with E-state index >= 15 is 0 Å². The zero-order valence-electron chi connectivity index (χ0n) is 27.7. The van der Waals surface area contributed by atoms with Crippen LogP contribution in [0.3, 0.4) is 0 Å². The van der Waals surface area contributed by atoms with Gasteiger partial charge in [-0.3, -0.25) is 0 Å². The Hall–Kier alpha value is -1.69. The number of benzene rings is 2. The predicted octanol–water partition coefficient (Wildman–Crippen LogP) is 8.10. The Morgan fingerprint density at radius 2 is 1.34 bits per heavy atom. The summed E-state index contributed by atoms with van der Waals surface area (Å²) in [4.78, 5) is 0. The lowest BCUT2D eigenvalue weighted by Gasteiger charge is -2.48. The molecule has 41 heavy (non-hydrogen) atoms. The van der Waals surface area contributed by atoms with Crippen molar-refractivity contribution in [1.82, 2.24) is 0 Å². The molecule has 0 amide bonds. The van der Waals surface area contributed by atoms with Gasteiger partial charge >= 0.3 is 0 Å². The van der Waals surface area contributed by atoms with E-state index in [2.05, 4.69) is 92.1 Å². The maximum Gasteiger partial charge on any atom is 0.192 e. The number of hydrogen-bond donors (Lipinski definition) is 2. The molecule has 0 unspecified atom stereocenters. The molecule has 0 fully saturated rings. The van der Waals surface area contributed by atoms with Gasteiger partial charge in [-0.1, -0.05) is 78.8 Å². The van der Waals surface area contributed by atoms with Gasteiger partial charge in [0.05, 0.1) is 38.6 Å². The lowest BCUT2D eigenvalue weighted by atomic mass is 9.93. The van der Waals surface area contributed by atoms with Crippen molar-refractivity contribution in [3.63, 3.8) is 0 Å². The summed E-state index contributed by atoms with van der Waals surface area (Å²) in [6, 6.07) is 17.9. The minimum Gasteiger partial charge on any atom is -0.497 e. The largest absolute Gasteiger partial charge is 0.497 e. The van der Waals surface area contributed by atoms with Gasteiger partial charge in [0.2, 0.25) is 0 Å². The highest BCUT2D eigenvalue weighted by atomic mass is 28.4. The van der Waals surface area contributed by atoms with Gasteiger partial charge in [-0.05, 0) is 66.1 Å². The zero-order valence-corrected chi connectivity index (χ0v) is 29.7. The summed E-state index contributed by atoms with van der Waals surface area (Å²) in [5, 5.41) is 14.2. The Kier molecular flexibility index (Phi) is 12.7. The van der Waals surface area contributed by atoms with E-state index in [1.165, 1.54) is 0 Å². The third-order valence-electron chi connectivity index (χ3n) is 8.93. The molecular formula is C33H57NO5Si2. The van der Waals surface area contributed by atoms with Crippen LogP contribution in [0.5, 0.6) is 5.75 Å². The van der Waals surface area contributed by atoms with Crippen LogP contribution in [0.4, 0.5) is 5.69 Å². The average Bonchev–Trinajstić information content (AvgIpc) is 2.89. The van der Waals surface area contributed by atoms with Crippen LogP contribution in [-0.2, 0) is 20.2 Å². The van der Waals surface area contributed by atoms with Crippen LogP contribution < -0.4 is 10.1 Å². The SMILES string of the molecule is COc1ccc(N[C@@H]([C@H](O[Si](C)(C)C(C)(C)C)[C@H](COCc2ccccc2)O[Si](C)(C)C(C)(C)C)[C@H](C)CO)cc1. The van der Waals surface area contributed by atoms with Crippen molar-refractivity contribution in [2.75, 3.05) is 25.6 Å². The fraction of sp³-hybridized carbons (Fsp3) is 0.636. The van der Waals surface area contributed by atoms with Gasteiger partial charge in [0.1, 0.15) is 5.75 Å². The Labute approximate surface area is 252 Å². The molecule has 0 aliphatic heterocycles. The molecule has 6 nitrogen and oxygen atoms in total. The summed E-state index contributed by atoms with van der Waals surface area (Å²) in [6.45, 7) is 25.6. The monoisotopic (exact) mass is 603 g/mol. The molecule has 0 bridgehead atoms. The van der Waals surface area contributed by atoms with E-state index in [0.717, 1.165) is 17.0 Å². The molecule has 0 aliphatic carbocycles. The molecule has 232 valence electrons. The first kappa shape index (κ1) is 35.5. The summed E-state index contributed by atoms with van der Waals surface area (Å²) < 4.78 is 26.2. The van der Waals surface area contributed by atoms with E-state index < -0.39 is 16.6 Å². The van der Waals surface area contributed by atoms with E-state index in [-0.39, 0.29) is 40.9 Å². The first-order chi connectivity index (χ1) is 18.9. The first-order valence-electron chi connectivity index (χ1n) is 14.9. The average molecular weight is 604 g/mol. The van der Waals surface area contributed by atoms with E-state index in [9.17, 15) is 5.11 Å². The summed E-state index contributed by atoms with van der Waals surface area (Å²) in [5.41, 5.74) is 2.06. The fourth-order valence-corrected chi connectivity index (χ4v) is 6.70. The van der Waals surface area contributed by atoms with Crippen molar-refractivity contribution in [3.05, 3.63) is 60.2 Å². The maximum atomic E-state index is 10.5. The Bertz CT molecular complexity index is 1030. The van der Waals surface area contributed by atoms with Crippen LogP contribution in [0, 0.1) is 5.92 Å². The molecule has 2 aromatic rings. The number of aliphatic hydroxyl groups is 1. The molecule has 0 aliphatic rings. The van der Waals surface area contributed by atoms with Crippen molar-refractivity contribution >= 4 is 22.3 Å². The summed E-state index contributed by atoms with van der Waals surface area (Å²) in [5.74, 6) is 0.691. The van der Waals surface area contributed by atoms with Gasteiger partial charge in [-0.25, -0.2) is 0 Å². The fourth-order valence-electron chi connectivity index (χ4n) is 4.06.